The van der Waals surface area contributed by atoms with E-state index in [9.17, 15) is 9.59 Å². The van der Waals surface area contributed by atoms with Gasteiger partial charge in [-0.3, -0.25) is 14.5 Å². The van der Waals surface area contributed by atoms with Crippen LogP contribution < -0.4 is 0 Å². The Morgan fingerprint density at radius 2 is 1.71 bits per heavy atom. The van der Waals surface area contributed by atoms with Gasteiger partial charge in [-0.1, -0.05) is 6.92 Å². The molecule has 1 atom stereocenters. The highest BCUT2D eigenvalue weighted by Gasteiger charge is 2.37. The van der Waals surface area contributed by atoms with Crippen LogP contribution in [0.25, 0.3) is 0 Å². The summed E-state index contributed by atoms with van der Waals surface area (Å²) in [4.78, 5) is 24.2. The molecular weight excluding hydrogens is 180 g/mol. The maximum absolute atomic E-state index is 11.6. The molecule has 74 valence electrons. The Bertz CT molecular complexity index is 339. The average Bonchev–Trinajstić information content (AvgIpc) is 2.37. The molecule has 4 heteroatoms. The molecule has 0 aromatic rings. The molecule has 1 rings (SSSR count). The van der Waals surface area contributed by atoms with Crippen molar-refractivity contribution in [3.05, 3.63) is 11.1 Å². The molecule has 0 aromatic carbocycles. The molecule has 14 heavy (non-hydrogen) atoms. The van der Waals surface area contributed by atoms with Crippen molar-refractivity contribution in [3.63, 3.8) is 0 Å². The van der Waals surface area contributed by atoms with Crippen LogP contribution in [0.4, 0.5) is 0 Å². The lowest BCUT2D eigenvalue weighted by molar-refractivity contribution is -0.139. The Hall–Kier alpha value is -1.63. The van der Waals surface area contributed by atoms with Gasteiger partial charge in [0.2, 0.25) is 0 Å². The highest BCUT2D eigenvalue weighted by atomic mass is 16.2. The van der Waals surface area contributed by atoms with Crippen molar-refractivity contribution in [1.29, 1.82) is 5.26 Å². The van der Waals surface area contributed by atoms with Crippen LogP contribution in [-0.4, -0.2) is 22.8 Å². The van der Waals surface area contributed by atoms with Gasteiger partial charge in [-0.05, 0) is 20.3 Å². The summed E-state index contributed by atoms with van der Waals surface area (Å²) in [6, 6.07) is 1.32. The van der Waals surface area contributed by atoms with Crippen molar-refractivity contribution in [2.24, 2.45) is 0 Å². The summed E-state index contributed by atoms with van der Waals surface area (Å²) in [5.41, 5.74) is 0.896. The molecule has 0 N–H and O–H groups in total. The van der Waals surface area contributed by atoms with E-state index in [4.69, 9.17) is 5.26 Å². The van der Waals surface area contributed by atoms with E-state index >= 15 is 0 Å². The maximum Gasteiger partial charge on any atom is 0.257 e. The second-order valence-corrected chi connectivity index (χ2v) is 3.28. The average molecular weight is 192 g/mol. The zero-order chi connectivity index (χ0) is 10.9. The molecule has 1 unspecified atom stereocenters. The van der Waals surface area contributed by atoms with E-state index in [1.54, 1.807) is 20.8 Å². The van der Waals surface area contributed by atoms with Gasteiger partial charge < -0.3 is 0 Å². The lowest BCUT2D eigenvalue weighted by atomic mass is 10.2. The van der Waals surface area contributed by atoms with Gasteiger partial charge in [0.1, 0.15) is 6.04 Å². The van der Waals surface area contributed by atoms with Gasteiger partial charge in [0.05, 0.1) is 6.07 Å². The van der Waals surface area contributed by atoms with E-state index in [1.165, 1.54) is 0 Å². The molecule has 0 radical (unpaired) electrons. The summed E-state index contributed by atoms with van der Waals surface area (Å²) < 4.78 is 0. The molecule has 1 aliphatic rings. The van der Waals surface area contributed by atoms with Gasteiger partial charge >= 0.3 is 0 Å². The first-order valence-corrected chi connectivity index (χ1v) is 4.49. The lowest BCUT2D eigenvalue weighted by Crippen LogP contribution is -2.39. The summed E-state index contributed by atoms with van der Waals surface area (Å²) in [5, 5.41) is 8.78. The summed E-state index contributed by atoms with van der Waals surface area (Å²) in [5.74, 6) is -0.665. The monoisotopic (exact) mass is 192 g/mol. The molecule has 0 saturated heterocycles. The molecule has 0 aliphatic carbocycles. The summed E-state index contributed by atoms with van der Waals surface area (Å²) in [7, 11) is 0. The molecule has 0 spiro atoms. The van der Waals surface area contributed by atoms with Crippen molar-refractivity contribution in [2.45, 2.75) is 33.2 Å². The molecule has 0 fully saturated rings. The normalized spacial score (nSPS) is 18.9. The zero-order valence-corrected chi connectivity index (χ0v) is 8.50. The van der Waals surface area contributed by atoms with E-state index in [2.05, 4.69) is 0 Å². The van der Waals surface area contributed by atoms with Gasteiger partial charge in [0, 0.05) is 11.1 Å². The Balaban J connectivity index is 3.04. The Morgan fingerprint density at radius 1 is 1.29 bits per heavy atom. The number of nitriles is 1. The third kappa shape index (κ3) is 1.31. The highest BCUT2D eigenvalue weighted by Crippen LogP contribution is 2.22. The van der Waals surface area contributed by atoms with Gasteiger partial charge in [-0.2, -0.15) is 5.26 Å². The summed E-state index contributed by atoms with van der Waals surface area (Å²) in [6.07, 6.45) is 0.467. The number of hydrogen-bond acceptors (Lipinski definition) is 3. The Kier molecular flexibility index (Phi) is 2.70. The molecular formula is C10H12N2O2. The van der Waals surface area contributed by atoms with Crippen molar-refractivity contribution in [1.82, 2.24) is 4.90 Å². The molecule has 0 saturated carbocycles. The summed E-state index contributed by atoms with van der Waals surface area (Å²) >= 11 is 0. The van der Waals surface area contributed by atoms with Crippen LogP contribution in [0, 0.1) is 11.3 Å². The Morgan fingerprint density at radius 3 is 2.00 bits per heavy atom. The number of carbonyl (C=O) groups excluding carboxylic acids is 2. The number of nitrogens with zero attached hydrogens (tertiary/aromatic N) is 2. The number of hydrogen-bond donors (Lipinski definition) is 0. The predicted octanol–water partition coefficient (Wildman–Crippen LogP) is 0.994. The number of imide groups is 1. The van der Waals surface area contributed by atoms with Gasteiger partial charge in [-0.25, -0.2) is 0 Å². The van der Waals surface area contributed by atoms with Crippen LogP contribution in [0.3, 0.4) is 0 Å². The fourth-order valence-electron chi connectivity index (χ4n) is 1.39. The minimum atomic E-state index is -0.637. The van der Waals surface area contributed by atoms with E-state index in [0.29, 0.717) is 17.6 Å². The maximum atomic E-state index is 11.6. The van der Waals surface area contributed by atoms with Crippen LogP contribution in [0.1, 0.15) is 27.2 Å². The largest absolute Gasteiger partial charge is 0.269 e. The first-order chi connectivity index (χ1) is 6.54. The number of rotatable bonds is 2. The molecule has 4 nitrogen and oxygen atoms in total. The standard InChI is InChI=1S/C10H12N2O2/c1-4-8(5-11)12-9(13)6(2)7(3)10(12)14/h8H,4H2,1-3H3. The fraction of sp³-hybridized carbons (Fsp3) is 0.500. The third-order valence-corrected chi connectivity index (χ3v) is 2.49. The van der Waals surface area contributed by atoms with E-state index in [1.807, 2.05) is 6.07 Å². The highest BCUT2D eigenvalue weighted by molar-refractivity contribution is 6.19. The lowest BCUT2D eigenvalue weighted by Gasteiger charge is -2.18. The first kappa shape index (κ1) is 10.5. The van der Waals surface area contributed by atoms with Crippen LogP contribution in [-0.2, 0) is 9.59 Å². The quantitative estimate of drug-likeness (QED) is 0.613. The summed E-state index contributed by atoms with van der Waals surface area (Å²) in [6.45, 7) is 5.00. The van der Waals surface area contributed by atoms with Gasteiger partial charge in [0.25, 0.3) is 11.8 Å². The molecule has 1 aliphatic heterocycles. The zero-order valence-electron chi connectivity index (χ0n) is 8.50. The topological polar surface area (TPSA) is 61.2 Å². The molecule has 1 heterocycles. The van der Waals surface area contributed by atoms with E-state index in [0.717, 1.165) is 4.90 Å². The predicted molar refractivity (Wildman–Crippen MR) is 49.9 cm³/mol. The Labute approximate surface area is 82.8 Å². The van der Waals surface area contributed by atoms with E-state index < -0.39 is 6.04 Å². The van der Waals surface area contributed by atoms with Crippen molar-refractivity contribution in [3.8, 4) is 6.07 Å². The molecule has 2 amide bonds. The van der Waals surface area contributed by atoms with E-state index in [-0.39, 0.29) is 11.8 Å². The second-order valence-electron chi connectivity index (χ2n) is 3.28. The van der Waals surface area contributed by atoms with Gasteiger partial charge in [0.15, 0.2) is 0 Å². The van der Waals surface area contributed by atoms with Crippen LogP contribution in [0.5, 0.6) is 0 Å². The van der Waals surface area contributed by atoms with Crippen LogP contribution in [0.15, 0.2) is 11.1 Å². The SMILES string of the molecule is CCC(C#N)N1C(=O)C(C)=C(C)C1=O. The van der Waals surface area contributed by atoms with Crippen LogP contribution in [0.2, 0.25) is 0 Å². The minimum Gasteiger partial charge on any atom is -0.269 e. The third-order valence-electron chi connectivity index (χ3n) is 2.49. The smallest absolute Gasteiger partial charge is 0.257 e. The fourth-order valence-corrected chi connectivity index (χ4v) is 1.39. The van der Waals surface area contributed by atoms with Crippen LogP contribution >= 0.6 is 0 Å². The second kappa shape index (κ2) is 3.62. The van der Waals surface area contributed by atoms with Crippen molar-refractivity contribution < 1.29 is 9.59 Å². The van der Waals surface area contributed by atoms with Crippen molar-refractivity contribution >= 4 is 11.8 Å². The number of amides is 2. The molecule has 0 bridgehead atoms. The first-order valence-electron chi connectivity index (χ1n) is 4.49. The molecule has 0 aromatic heterocycles. The minimum absolute atomic E-state index is 0.332. The van der Waals surface area contributed by atoms with Crippen molar-refractivity contribution in [2.75, 3.05) is 0 Å². The number of carbonyl (C=O) groups is 2. The van der Waals surface area contributed by atoms with Gasteiger partial charge in [-0.15, -0.1) is 0 Å².